The summed E-state index contributed by atoms with van der Waals surface area (Å²) in [5.41, 5.74) is 2.39. The summed E-state index contributed by atoms with van der Waals surface area (Å²) in [4.78, 5) is 9.84. The highest BCUT2D eigenvalue weighted by atomic mass is 16.5. The molecule has 1 aliphatic heterocycles. The Kier molecular flexibility index (Phi) is 9.27. The predicted molar refractivity (Wildman–Crippen MR) is 125 cm³/mol. The fourth-order valence-corrected chi connectivity index (χ4v) is 3.76. The van der Waals surface area contributed by atoms with Gasteiger partial charge in [0.25, 0.3) is 0 Å². The number of guanidine groups is 1. The summed E-state index contributed by atoms with van der Waals surface area (Å²) in [6.45, 7) is 13.5. The van der Waals surface area contributed by atoms with Crippen molar-refractivity contribution < 1.29 is 4.74 Å². The van der Waals surface area contributed by atoms with E-state index in [4.69, 9.17) is 9.73 Å². The number of nitrogens with zero attached hydrogens (tertiary/aromatic N) is 3. The average molecular weight is 416 g/mol. The molecule has 0 aromatic heterocycles. The van der Waals surface area contributed by atoms with Crippen LogP contribution in [0.4, 0.5) is 0 Å². The van der Waals surface area contributed by atoms with Crippen LogP contribution in [-0.4, -0.2) is 75.2 Å². The fraction of sp³-hybridized carbons (Fsp3) is 0.708. The molecule has 3 rings (SSSR count). The molecular weight excluding hydrogens is 374 g/mol. The van der Waals surface area contributed by atoms with Gasteiger partial charge in [0.1, 0.15) is 5.75 Å². The van der Waals surface area contributed by atoms with E-state index in [0.717, 1.165) is 55.9 Å². The average Bonchev–Trinajstić information content (AvgIpc) is 3.57. The first kappa shape index (κ1) is 22.9. The van der Waals surface area contributed by atoms with Crippen LogP contribution >= 0.6 is 0 Å². The van der Waals surface area contributed by atoms with Crippen LogP contribution in [0.3, 0.4) is 0 Å². The zero-order chi connectivity index (χ0) is 21.2. The molecule has 1 saturated heterocycles. The van der Waals surface area contributed by atoms with Gasteiger partial charge in [-0.15, -0.1) is 0 Å². The van der Waals surface area contributed by atoms with Crippen molar-refractivity contribution in [3.05, 3.63) is 29.3 Å². The first-order valence-electron chi connectivity index (χ1n) is 11.8. The molecule has 168 valence electrons. The number of aryl methyl sites for hydroxylation is 1. The molecule has 0 spiro atoms. The number of rotatable bonds is 10. The Morgan fingerprint density at radius 1 is 1.17 bits per heavy atom. The van der Waals surface area contributed by atoms with Crippen molar-refractivity contribution in [3.8, 4) is 5.75 Å². The normalized spacial score (nSPS) is 18.8. The zero-order valence-electron chi connectivity index (χ0n) is 19.3. The lowest BCUT2D eigenvalue weighted by Crippen LogP contribution is -2.39. The lowest BCUT2D eigenvalue weighted by atomic mass is 10.1. The van der Waals surface area contributed by atoms with Crippen LogP contribution < -0.4 is 15.4 Å². The largest absolute Gasteiger partial charge is 0.493 e. The maximum Gasteiger partial charge on any atom is 0.191 e. The van der Waals surface area contributed by atoms with E-state index in [9.17, 15) is 0 Å². The molecule has 30 heavy (non-hydrogen) atoms. The molecule has 1 aliphatic carbocycles. The Balaban J connectivity index is 1.46. The second kappa shape index (κ2) is 12.2. The molecule has 0 amide bonds. The Morgan fingerprint density at radius 2 is 2.03 bits per heavy atom. The molecule has 1 saturated carbocycles. The monoisotopic (exact) mass is 415 g/mol. The molecule has 0 bridgehead atoms. The van der Waals surface area contributed by atoms with Gasteiger partial charge < -0.3 is 25.2 Å². The topological polar surface area (TPSA) is 52.1 Å². The third-order valence-corrected chi connectivity index (χ3v) is 5.90. The summed E-state index contributed by atoms with van der Waals surface area (Å²) in [7, 11) is 2.22. The fourth-order valence-electron chi connectivity index (χ4n) is 3.76. The van der Waals surface area contributed by atoms with Crippen LogP contribution in [0.25, 0.3) is 0 Å². The molecule has 2 fully saturated rings. The van der Waals surface area contributed by atoms with Gasteiger partial charge in [0.05, 0.1) is 13.2 Å². The highest BCUT2D eigenvalue weighted by Gasteiger charge is 2.22. The van der Waals surface area contributed by atoms with Crippen molar-refractivity contribution in [3.63, 3.8) is 0 Å². The van der Waals surface area contributed by atoms with Gasteiger partial charge in [0.15, 0.2) is 5.96 Å². The summed E-state index contributed by atoms with van der Waals surface area (Å²) < 4.78 is 6.10. The van der Waals surface area contributed by atoms with E-state index in [-0.39, 0.29) is 0 Å². The van der Waals surface area contributed by atoms with Crippen LogP contribution in [0.1, 0.15) is 43.7 Å². The van der Waals surface area contributed by atoms with E-state index in [2.05, 4.69) is 59.5 Å². The molecule has 2 N–H and O–H groups in total. The zero-order valence-corrected chi connectivity index (χ0v) is 19.3. The van der Waals surface area contributed by atoms with E-state index >= 15 is 0 Å². The lowest BCUT2D eigenvalue weighted by Gasteiger charge is -2.20. The van der Waals surface area contributed by atoms with Gasteiger partial charge in [-0.05, 0) is 83.8 Å². The smallest absolute Gasteiger partial charge is 0.191 e. The van der Waals surface area contributed by atoms with Crippen LogP contribution in [0, 0.1) is 12.8 Å². The molecule has 1 heterocycles. The van der Waals surface area contributed by atoms with Gasteiger partial charge in [-0.3, -0.25) is 0 Å². The summed E-state index contributed by atoms with van der Waals surface area (Å²) in [5, 5.41) is 6.88. The molecule has 6 heteroatoms. The minimum atomic E-state index is 0.633. The Hall–Kier alpha value is -1.79. The van der Waals surface area contributed by atoms with Crippen LogP contribution in [0.15, 0.2) is 23.2 Å². The minimum absolute atomic E-state index is 0.633. The van der Waals surface area contributed by atoms with E-state index in [1.807, 2.05) is 0 Å². The van der Waals surface area contributed by atoms with Gasteiger partial charge in [-0.25, -0.2) is 4.99 Å². The van der Waals surface area contributed by atoms with Gasteiger partial charge in [-0.1, -0.05) is 12.1 Å². The third-order valence-electron chi connectivity index (χ3n) is 5.90. The van der Waals surface area contributed by atoms with E-state index in [1.165, 1.54) is 51.0 Å². The Morgan fingerprint density at radius 3 is 2.83 bits per heavy atom. The summed E-state index contributed by atoms with van der Waals surface area (Å²) in [5.74, 6) is 2.64. The molecule has 0 atom stereocenters. The van der Waals surface area contributed by atoms with Gasteiger partial charge in [0, 0.05) is 31.7 Å². The van der Waals surface area contributed by atoms with E-state index in [0.29, 0.717) is 6.54 Å². The van der Waals surface area contributed by atoms with E-state index in [1.54, 1.807) is 0 Å². The van der Waals surface area contributed by atoms with E-state index < -0.39 is 0 Å². The molecule has 0 unspecified atom stereocenters. The highest BCUT2D eigenvalue weighted by Crippen LogP contribution is 2.30. The predicted octanol–water partition coefficient (Wildman–Crippen LogP) is 2.87. The number of hydrogen-bond donors (Lipinski definition) is 2. The van der Waals surface area contributed by atoms with Crippen LogP contribution in [-0.2, 0) is 6.54 Å². The SMILES string of the molecule is CCNC(=NCc1ccc(C)cc1OCC1CC1)NCCCN1CCCN(C)CC1. The number of likely N-dealkylation sites (N-methyl/N-ethyl adjacent to an activating group) is 1. The van der Waals surface area contributed by atoms with Gasteiger partial charge >= 0.3 is 0 Å². The van der Waals surface area contributed by atoms with Crippen molar-refractivity contribution >= 4 is 5.96 Å². The maximum atomic E-state index is 6.10. The minimum Gasteiger partial charge on any atom is -0.493 e. The molecular formula is C24H41N5O. The van der Waals surface area contributed by atoms with Crippen molar-refractivity contribution in [2.75, 3.05) is 59.5 Å². The molecule has 0 radical (unpaired) electrons. The first-order valence-corrected chi connectivity index (χ1v) is 11.8. The number of ether oxygens (including phenoxy) is 1. The Bertz CT molecular complexity index is 674. The van der Waals surface area contributed by atoms with Crippen molar-refractivity contribution in [1.82, 2.24) is 20.4 Å². The summed E-state index contributed by atoms with van der Waals surface area (Å²) in [6.07, 6.45) is 5.02. The van der Waals surface area contributed by atoms with Gasteiger partial charge in [-0.2, -0.15) is 0 Å². The second-order valence-electron chi connectivity index (χ2n) is 8.84. The molecule has 1 aromatic carbocycles. The quantitative estimate of drug-likeness (QED) is 0.350. The number of hydrogen-bond acceptors (Lipinski definition) is 4. The first-order chi connectivity index (χ1) is 14.6. The molecule has 2 aliphatic rings. The van der Waals surface area contributed by atoms with Crippen molar-refractivity contribution in [1.29, 1.82) is 0 Å². The Labute approximate surface area is 183 Å². The number of nitrogens with one attached hydrogen (secondary N) is 2. The van der Waals surface area contributed by atoms with Crippen LogP contribution in [0.5, 0.6) is 5.75 Å². The number of benzene rings is 1. The van der Waals surface area contributed by atoms with Crippen molar-refractivity contribution in [2.45, 2.75) is 46.1 Å². The summed E-state index contributed by atoms with van der Waals surface area (Å²) >= 11 is 0. The summed E-state index contributed by atoms with van der Waals surface area (Å²) in [6, 6.07) is 6.45. The van der Waals surface area contributed by atoms with Crippen LogP contribution in [0.2, 0.25) is 0 Å². The third kappa shape index (κ3) is 8.15. The maximum absolute atomic E-state index is 6.10. The molecule has 6 nitrogen and oxygen atoms in total. The molecule has 1 aromatic rings. The highest BCUT2D eigenvalue weighted by molar-refractivity contribution is 5.79. The standard InChI is InChI=1S/C24H41N5O/c1-4-25-24(26-11-5-13-29-14-6-12-28(3)15-16-29)27-18-22-10-7-20(2)17-23(22)30-19-21-8-9-21/h7,10,17,21H,4-6,8-9,11-16,18-19H2,1-3H3,(H2,25,26,27). The van der Waals surface area contributed by atoms with Crippen molar-refractivity contribution in [2.24, 2.45) is 10.9 Å². The lowest BCUT2D eigenvalue weighted by molar-refractivity contribution is 0.274. The number of aliphatic imine (C=N–C) groups is 1. The second-order valence-corrected chi connectivity index (χ2v) is 8.84. The van der Waals surface area contributed by atoms with Gasteiger partial charge in [0.2, 0.25) is 0 Å².